The number of rotatable bonds is 5. The molecule has 2 fully saturated rings. The molecule has 0 spiro atoms. The molecule has 3 rings (SSSR count). The van der Waals surface area contributed by atoms with Crippen LogP contribution in [0.1, 0.15) is 38.1 Å². The highest BCUT2D eigenvalue weighted by molar-refractivity contribution is 7.99. The second-order valence-corrected chi connectivity index (χ2v) is 6.23. The number of nitrogens with zero attached hydrogens (tertiary/aromatic N) is 4. The number of hydrogen-bond donors (Lipinski definition) is 0. The van der Waals surface area contributed by atoms with Gasteiger partial charge in [0.1, 0.15) is 6.33 Å². The van der Waals surface area contributed by atoms with Gasteiger partial charge in [-0.05, 0) is 45.7 Å². The first kappa shape index (κ1) is 11.5. The van der Waals surface area contributed by atoms with Gasteiger partial charge in [0.05, 0.1) is 0 Å². The Morgan fingerprint density at radius 2 is 2.29 bits per heavy atom. The van der Waals surface area contributed by atoms with Crippen molar-refractivity contribution in [2.75, 3.05) is 19.3 Å². The number of likely N-dealkylation sites (tertiary alicyclic amines) is 1. The Balaban J connectivity index is 1.48. The molecule has 2 heterocycles. The maximum Gasteiger partial charge on any atom is 0.191 e. The molecule has 0 unspecified atom stereocenters. The van der Waals surface area contributed by atoms with Gasteiger partial charge in [0.25, 0.3) is 0 Å². The molecule has 1 atom stereocenters. The highest BCUT2D eigenvalue weighted by Gasteiger charge is 2.26. The van der Waals surface area contributed by atoms with Crippen LogP contribution < -0.4 is 0 Å². The second-order valence-electron chi connectivity index (χ2n) is 5.17. The van der Waals surface area contributed by atoms with E-state index in [-0.39, 0.29) is 0 Å². The number of hydrogen-bond acceptors (Lipinski definition) is 4. The van der Waals surface area contributed by atoms with E-state index in [0.717, 1.165) is 11.2 Å². The molecular weight excluding hydrogens is 232 g/mol. The van der Waals surface area contributed by atoms with Crippen molar-refractivity contribution >= 4 is 11.8 Å². The van der Waals surface area contributed by atoms with E-state index in [9.17, 15) is 0 Å². The van der Waals surface area contributed by atoms with Crippen molar-refractivity contribution in [2.24, 2.45) is 0 Å². The fourth-order valence-corrected chi connectivity index (χ4v) is 3.59. The van der Waals surface area contributed by atoms with Crippen molar-refractivity contribution in [1.29, 1.82) is 0 Å². The molecular formula is C12H20N4S. The average molecular weight is 252 g/mol. The zero-order valence-corrected chi connectivity index (χ0v) is 11.2. The van der Waals surface area contributed by atoms with Crippen LogP contribution in [0.5, 0.6) is 0 Å². The summed E-state index contributed by atoms with van der Waals surface area (Å²) < 4.78 is 2.25. The highest BCUT2D eigenvalue weighted by Crippen LogP contribution is 2.37. The summed E-state index contributed by atoms with van der Waals surface area (Å²) in [5.74, 6) is 1.17. The molecule has 0 bridgehead atoms. The third-order valence-electron chi connectivity index (χ3n) is 3.83. The van der Waals surface area contributed by atoms with Gasteiger partial charge in [-0.15, -0.1) is 10.2 Å². The summed E-state index contributed by atoms with van der Waals surface area (Å²) in [6.45, 7) is 1.27. The zero-order valence-electron chi connectivity index (χ0n) is 10.4. The van der Waals surface area contributed by atoms with Crippen LogP contribution in [0.3, 0.4) is 0 Å². The number of thioether (sulfide) groups is 1. The lowest BCUT2D eigenvalue weighted by atomic mass is 10.2. The first-order valence-electron chi connectivity index (χ1n) is 6.57. The third kappa shape index (κ3) is 2.65. The Bertz CT molecular complexity index is 374. The lowest BCUT2D eigenvalue weighted by molar-refractivity contribution is 0.305. The van der Waals surface area contributed by atoms with E-state index in [4.69, 9.17) is 0 Å². The van der Waals surface area contributed by atoms with Crippen LogP contribution in [-0.4, -0.2) is 45.1 Å². The molecule has 1 aliphatic carbocycles. The van der Waals surface area contributed by atoms with Gasteiger partial charge in [0.2, 0.25) is 0 Å². The van der Waals surface area contributed by atoms with Gasteiger partial charge in [0, 0.05) is 17.8 Å². The monoisotopic (exact) mass is 252 g/mol. The van der Waals surface area contributed by atoms with Gasteiger partial charge in [-0.25, -0.2) is 0 Å². The van der Waals surface area contributed by atoms with Crippen LogP contribution in [0.4, 0.5) is 0 Å². The first-order chi connectivity index (χ1) is 8.34. The number of aromatic nitrogens is 3. The van der Waals surface area contributed by atoms with Crippen molar-refractivity contribution in [3.63, 3.8) is 0 Å². The van der Waals surface area contributed by atoms with Gasteiger partial charge in [-0.2, -0.15) is 0 Å². The zero-order chi connectivity index (χ0) is 11.7. The molecule has 5 heteroatoms. The Morgan fingerprint density at radius 1 is 1.41 bits per heavy atom. The van der Waals surface area contributed by atoms with Crippen LogP contribution in [0.2, 0.25) is 0 Å². The first-order valence-corrected chi connectivity index (χ1v) is 7.55. The summed E-state index contributed by atoms with van der Waals surface area (Å²) >= 11 is 1.87. The molecule has 0 N–H and O–H groups in total. The molecule has 1 saturated carbocycles. The van der Waals surface area contributed by atoms with Crippen LogP contribution in [0.25, 0.3) is 0 Å². The van der Waals surface area contributed by atoms with E-state index >= 15 is 0 Å². The third-order valence-corrected chi connectivity index (χ3v) is 4.82. The van der Waals surface area contributed by atoms with Crippen LogP contribution in [0.15, 0.2) is 11.5 Å². The fraction of sp³-hybridized carbons (Fsp3) is 0.833. The Hall–Kier alpha value is -0.550. The van der Waals surface area contributed by atoms with Crippen molar-refractivity contribution in [3.8, 4) is 0 Å². The van der Waals surface area contributed by atoms with E-state index in [1.807, 2.05) is 18.1 Å². The summed E-state index contributed by atoms with van der Waals surface area (Å²) in [5, 5.41) is 9.37. The smallest absolute Gasteiger partial charge is 0.191 e. The normalized spacial score (nSPS) is 25.6. The quantitative estimate of drug-likeness (QED) is 0.752. The van der Waals surface area contributed by atoms with Gasteiger partial charge in [-0.1, -0.05) is 11.8 Å². The van der Waals surface area contributed by atoms with E-state index in [2.05, 4.69) is 26.7 Å². The van der Waals surface area contributed by atoms with Crippen molar-refractivity contribution in [3.05, 3.63) is 6.33 Å². The molecule has 0 aromatic carbocycles. The Labute approximate surface area is 107 Å². The van der Waals surface area contributed by atoms with E-state index < -0.39 is 0 Å². The molecule has 0 radical (unpaired) electrons. The summed E-state index contributed by atoms with van der Waals surface area (Å²) in [4.78, 5) is 2.49. The summed E-state index contributed by atoms with van der Waals surface area (Å²) in [5.41, 5.74) is 0. The average Bonchev–Trinajstić information content (AvgIpc) is 2.93. The van der Waals surface area contributed by atoms with Crippen LogP contribution >= 0.6 is 11.8 Å². The lowest BCUT2D eigenvalue weighted by Crippen LogP contribution is -2.25. The van der Waals surface area contributed by atoms with Crippen molar-refractivity contribution in [2.45, 2.75) is 49.3 Å². The van der Waals surface area contributed by atoms with Crippen LogP contribution in [0, 0.1) is 0 Å². The minimum atomic E-state index is 0.696. The largest absolute Gasteiger partial charge is 0.306 e. The second kappa shape index (κ2) is 4.98. The molecule has 17 heavy (non-hydrogen) atoms. The summed E-state index contributed by atoms with van der Waals surface area (Å²) in [7, 11) is 2.25. The summed E-state index contributed by atoms with van der Waals surface area (Å²) in [6.07, 6.45) is 8.50. The van der Waals surface area contributed by atoms with Gasteiger partial charge in [-0.3, -0.25) is 0 Å². The lowest BCUT2D eigenvalue weighted by Gasteiger charge is -2.18. The fourth-order valence-electron chi connectivity index (χ4n) is 2.57. The van der Waals surface area contributed by atoms with E-state index in [1.54, 1.807) is 0 Å². The standard InChI is InChI=1S/C12H20N4S/c1-15-7-2-3-10(15)6-8-17-12-14-13-9-16(12)11-4-5-11/h9-11H,2-8H2,1H3/t10-/m1/s1. The molecule has 94 valence electrons. The molecule has 1 saturated heterocycles. The predicted octanol–water partition coefficient (Wildman–Crippen LogP) is 2.19. The molecule has 1 aliphatic heterocycles. The molecule has 4 nitrogen and oxygen atoms in total. The topological polar surface area (TPSA) is 34.0 Å². The minimum Gasteiger partial charge on any atom is -0.306 e. The van der Waals surface area contributed by atoms with E-state index in [0.29, 0.717) is 6.04 Å². The van der Waals surface area contributed by atoms with Crippen molar-refractivity contribution < 1.29 is 0 Å². The molecule has 1 aromatic rings. The van der Waals surface area contributed by atoms with E-state index in [1.165, 1.54) is 44.4 Å². The highest BCUT2D eigenvalue weighted by atomic mass is 32.2. The Morgan fingerprint density at radius 3 is 3.00 bits per heavy atom. The maximum atomic E-state index is 4.22. The molecule has 1 aromatic heterocycles. The Kier molecular flexibility index (Phi) is 3.38. The van der Waals surface area contributed by atoms with Gasteiger partial charge >= 0.3 is 0 Å². The summed E-state index contributed by atoms with van der Waals surface area (Å²) in [6, 6.07) is 1.49. The van der Waals surface area contributed by atoms with Crippen LogP contribution in [-0.2, 0) is 0 Å². The minimum absolute atomic E-state index is 0.696. The SMILES string of the molecule is CN1CCC[C@@H]1CCSc1nncn1C1CC1. The molecule has 0 amide bonds. The predicted molar refractivity (Wildman–Crippen MR) is 69.3 cm³/mol. The van der Waals surface area contributed by atoms with Gasteiger partial charge < -0.3 is 9.47 Å². The maximum absolute atomic E-state index is 4.22. The van der Waals surface area contributed by atoms with Gasteiger partial charge in [0.15, 0.2) is 5.16 Å². The van der Waals surface area contributed by atoms with Crippen molar-refractivity contribution in [1.82, 2.24) is 19.7 Å². The molecule has 2 aliphatic rings.